The van der Waals surface area contributed by atoms with Crippen molar-refractivity contribution >= 4 is 57.2 Å². The molecule has 0 bridgehead atoms. The zero-order valence-electron chi connectivity index (χ0n) is 19.9. The molecule has 0 unspecified atom stereocenters. The normalized spacial score (nSPS) is 11.6. The Balaban J connectivity index is 2.06. The van der Waals surface area contributed by atoms with Crippen LogP contribution in [0.3, 0.4) is 0 Å². The molecular formula is C24H28BrClN4O5. The topological polar surface area (TPSA) is 118 Å². The molecule has 0 aliphatic carbocycles. The zero-order valence-corrected chi connectivity index (χ0v) is 22.2. The second kappa shape index (κ2) is 13.7. The Bertz CT molecular complexity index is 1110. The summed E-state index contributed by atoms with van der Waals surface area (Å²) in [5, 5.41) is 9.70. The first-order valence-corrected chi connectivity index (χ1v) is 12.1. The first-order chi connectivity index (χ1) is 16.7. The van der Waals surface area contributed by atoms with Gasteiger partial charge in [-0.05, 0) is 78.5 Å². The minimum Gasteiger partial charge on any atom is -0.490 e. The summed E-state index contributed by atoms with van der Waals surface area (Å²) in [7, 11) is 0. The highest BCUT2D eigenvalue weighted by Gasteiger charge is 2.16. The van der Waals surface area contributed by atoms with Gasteiger partial charge in [-0.25, -0.2) is 5.43 Å². The maximum absolute atomic E-state index is 12.4. The summed E-state index contributed by atoms with van der Waals surface area (Å²) < 4.78 is 11.9. The highest BCUT2D eigenvalue weighted by atomic mass is 79.9. The van der Waals surface area contributed by atoms with E-state index in [4.69, 9.17) is 21.1 Å². The van der Waals surface area contributed by atoms with Crippen LogP contribution in [-0.2, 0) is 14.4 Å². The number of benzene rings is 2. The molecule has 3 N–H and O–H groups in total. The summed E-state index contributed by atoms with van der Waals surface area (Å²) >= 11 is 9.52. The summed E-state index contributed by atoms with van der Waals surface area (Å²) in [5.74, 6) is -1.29. The van der Waals surface area contributed by atoms with E-state index in [1.807, 2.05) is 20.8 Å². The van der Waals surface area contributed by atoms with Gasteiger partial charge in [0.1, 0.15) is 0 Å². The fourth-order valence-corrected chi connectivity index (χ4v) is 3.49. The van der Waals surface area contributed by atoms with E-state index in [0.29, 0.717) is 45.3 Å². The van der Waals surface area contributed by atoms with Gasteiger partial charge in [0, 0.05) is 16.8 Å². The fourth-order valence-electron chi connectivity index (χ4n) is 2.74. The largest absolute Gasteiger partial charge is 0.490 e. The highest BCUT2D eigenvalue weighted by molar-refractivity contribution is 9.10. The number of hydrazone groups is 1. The van der Waals surface area contributed by atoms with Gasteiger partial charge in [-0.2, -0.15) is 5.10 Å². The van der Waals surface area contributed by atoms with Gasteiger partial charge in [-0.3, -0.25) is 14.4 Å². The molecule has 0 aliphatic heterocycles. The molecule has 0 aliphatic rings. The van der Waals surface area contributed by atoms with Crippen LogP contribution in [0.25, 0.3) is 0 Å². The summed E-state index contributed by atoms with van der Waals surface area (Å²) in [6, 6.07) is 8.43. The van der Waals surface area contributed by atoms with E-state index < -0.39 is 11.8 Å². The van der Waals surface area contributed by atoms with E-state index in [1.165, 1.54) is 6.21 Å². The van der Waals surface area contributed by atoms with Crippen LogP contribution in [0.1, 0.15) is 38.3 Å². The van der Waals surface area contributed by atoms with E-state index in [-0.39, 0.29) is 18.6 Å². The first-order valence-electron chi connectivity index (χ1n) is 10.9. The lowest BCUT2D eigenvalue weighted by atomic mass is 10.2. The third-order valence-electron chi connectivity index (χ3n) is 4.80. The lowest BCUT2D eigenvalue weighted by Gasteiger charge is -2.15. The second-order valence-corrected chi connectivity index (χ2v) is 8.76. The fraction of sp³-hybridized carbons (Fsp3) is 0.333. The third kappa shape index (κ3) is 8.56. The summed E-state index contributed by atoms with van der Waals surface area (Å²) in [6.45, 7) is 7.40. The van der Waals surface area contributed by atoms with Gasteiger partial charge in [0.15, 0.2) is 18.1 Å². The van der Waals surface area contributed by atoms with Crippen molar-refractivity contribution in [2.45, 2.75) is 40.2 Å². The molecule has 2 rings (SSSR count). The number of nitrogens with zero attached hydrogens (tertiary/aromatic N) is 1. The summed E-state index contributed by atoms with van der Waals surface area (Å²) in [6.07, 6.45) is 2.06. The Morgan fingerprint density at radius 3 is 2.60 bits per heavy atom. The molecule has 0 fully saturated rings. The lowest BCUT2D eigenvalue weighted by Crippen LogP contribution is -2.41. The number of rotatable bonds is 10. The molecule has 2 aromatic rings. The number of carbonyl (C=O) groups is 3. The number of amides is 3. The monoisotopic (exact) mass is 566 g/mol. The van der Waals surface area contributed by atoms with Crippen molar-refractivity contribution in [3.05, 3.63) is 51.0 Å². The molecule has 0 heterocycles. The Morgan fingerprint density at radius 2 is 1.91 bits per heavy atom. The van der Waals surface area contributed by atoms with Crippen molar-refractivity contribution in [3.63, 3.8) is 0 Å². The number of carbonyl (C=O) groups excluding carboxylic acids is 3. The van der Waals surface area contributed by atoms with Crippen LogP contribution < -0.4 is 25.5 Å². The van der Waals surface area contributed by atoms with Gasteiger partial charge < -0.3 is 20.1 Å². The lowest BCUT2D eigenvalue weighted by molar-refractivity contribution is -0.139. The Kier molecular flexibility index (Phi) is 11.0. The predicted molar refractivity (Wildman–Crippen MR) is 139 cm³/mol. The van der Waals surface area contributed by atoms with Crippen LogP contribution in [0.2, 0.25) is 5.02 Å². The molecular weight excluding hydrogens is 540 g/mol. The average molecular weight is 568 g/mol. The maximum atomic E-state index is 12.4. The zero-order chi connectivity index (χ0) is 26.0. The van der Waals surface area contributed by atoms with Crippen molar-refractivity contribution < 1.29 is 23.9 Å². The second-order valence-electron chi connectivity index (χ2n) is 7.49. The van der Waals surface area contributed by atoms with E-state index >= 15 is 0 Å². The van der Waals surface area contributed by atoms with Crippen molar-refractivity contribution in [1.29, 1.82) is 0 Å². The number of hydrogen-bond donors (Lipinski definition) is 3. The van der Waals surface area contributed by atoms with Crippen LogP contribution in [-0.4, -0.2) is 43.2 Å². The van der Waals surface area contributed by atoms with Crippen molar-refractivity contribution in [2.75, 3.05) is 18.5 Å². The highest BCUT2D eigenvalue weighted by Crippen LogP contribution is 2.36. The molecule has 0 aromatic heterocycles. The Morgan fingerprint density at radius 1 is 1.17 bits per heavy atom. The maximum Gasteiger partial charge on any atom is 0.329 e. The van der Waals surface area contributed by atoms with E-state index in [1.54, 1.807) is 37.3 Å². The minimum absolute atomic E-state index is 0.119. The van der Waals surface area contributed by atoms with Crippen molar-refractivity contribution in [3.8, 4) is 11.5 Å². The molecule has 0 spiro atoms. The molecule has 1 atom stereocenters. The average Bonchev–Trinajstić information content (AvgIpc) is 2.81. The quantitative estimate of drug-likeness (QED) is 0.226. The van der Waals surface area contributed by atoms with Crippen LogP contribution in [0.15, 0.2) is 39.9 Å². The number of nitrogens with one attached hydrogen (secondary N) is 3. The number of anilines is 1. The van der Waals surface area contributed by atoms with E-state index in [0.717, 1.165) is 5.56 Å². The molecule has 3 amide bonds. The molecule has 35 heavy (non-hydrogen) atoms. The van der Waals surface area contributed by atoms with E-state index in [9.17, 15) is 14.4 Å². The molecule has 0 saturated heterocycles. The molecule has 2 aromatic carbocycles. The Hall–Kier alpha value is -3.11. The third-order valence-corrected chi connectivity index (χ3v) is 5.80. The number of hydrogen-bond acceptors (Lipinski definition) is 6. The van der Waals surface area contributed by atoms with Crippen molar-refractivity contribution in [2.24, 2.45) is 5.10 Å². The van der Waals surface area contributed by atoms with Gasteiger partial charge in [-0.15, -0.1) is 0 Å². The molecule has 9 nitrogen and oxygen atoms in total. The predicted octanol–water partition coefficient (Wildman–Crippen LogP) is 4.19. The standard InChI is InChI=1S/C24H28BrClN4O5/c1-5-14(3)28-23(32)24(33)30-27-12-16-10-17(25)22(20(11-16)34-6-2)35-13-21(31)29-19-9-7-8-18(26)15(19)4/h7-12,14H,5-6,13H2,1-4H3,(H,28,32)(H,29,31)(H,30,33)/b27-12-/t14-/m1/s1. The number of ether oxygens (including phenoxy) is 2. The van der Waals surface area contributed by atoms with Gasteiger partial charge in [-0.1, -0.05) is 24.6 Å². The van der Waals surface area contributed by atoms with Gasteiger partial charge in [0.05, 0.1) is 17.3 Å². The number of halogens is 2. The van der Waals surface area contributed by atoms with Crippen LogP contribution in [0.5, 0.6) is 11.5 Å². The van der Waals surface area contributed by atoms with Crippen molar-refractivity contribution in [1.82, 2.24) is 10.7 Å². The minimum atomic E-state index is -0.869. The van der Waals surface area contributed by atoms with Gasteiger partial charge in [0.25, 0.3) is 5.91 Å². The van der Waals surface area contributed by atoms with Crippen LogP contribution in [0.4, 0.5) is 5.69 Å². The van der Waals surface area contributed by atoms with Gasteiger partial charge in [0.2, 0.25) is 0 Å². The molecule has 0 radical (unpaired) electrons. The SMILES string of the molecule is CCOc1cc(/C=N\NC(=O)C(=O)N[C@H](C)CC)cc(Br)c1OCC(=O)Nc1cccc(Cl)c1C. The first kappa shape index (κ1) is 28.1. The van der Waals surface area contributed by atoms with Crippen LogP contribution >= 0.6 is 27.5 Å². The molecule has 188 valence electrons. The summed E-state index contributed by atoms with van der Waals surface area (Å²) in [5.41, 5.74) is 4.11. The summed E-state index contributed by atoms with van der Waals surface area (Å²) in [4.78, 5) is 36.1. The molecule has 11 heteroatoms. The Labute approximate surface area is 217 Å². The van der Waals surface area contributed by atoms with Gasteiger partial charge >= 0.3 is 11.8 Å². The molecule has 0 saturated carbocycles. The van der Waals surface area contributed by atoms with E-state index in [2.05, 4.69) is 37.1 Å². The smallest absolute Gasteiger partial charge is 0.329 e. The van der Waals surface area contributed by atoms with Crippen LogP contribution in [0, 0.1) is 6.92 Å².